The van der Waals surface area contributed by atoms with Crippen LogP contribution in [-0.4, -0.2) is 50.9 Å². The largest absolute Gasteiger partial charge is 0.493 e. The normalized spacial score (nSPS) is 20.0. The maximum absolute atomic E-state index is 6.07. The molecule has 154 valence electrons. The quantitative estimate of drug-likeness (QED) is 0.557. The summed E-state index contributed by atoms with van der Waals surface area (Å²) in [7, 11) is 1.74. The summed E-state index contributed by atoms with van der Waals surface area (Å²) in [6, 6.07) is 7.32. The molecule has 1 aromatic carbocycles. The van der Waals surface area contributed by atoms with Gasteiger partial charge in [0.15, 0.2) is 0 Å². The van der Waals surface area contributed by atoms with Crippen LogP contribution in [0.4, 0.5) is 0 Å². The highest BCUT2D eigenvalue weighted by Gasteiger charge is 2.28. The second-order valence-electron chi connectivity index (χ2n) is 8.10. The Bertz CT molecular complexity index is 547. The van der Waals surface area contributed by atoms with Crippen molar-refractivity contribution in [1.82, 2.24) is 10.2 Å². The lowest BCUT2D eigenvalue weighted by Gasteiger charge is -2.31. The van der Waals surface area contributed by atoms with E-state index in [9.17, 15) is 0 Å². The highest BCUT2D eigenvalue weighted by Crippen LogP contribution is 2.25. The first-order valence-electron chi connectivity index (χ1n) is 10.8. The van der Waals surface area contributed by atoms with E-state index in [0.717, 1.165) is 50.1 Å². The molecular formula is C23H40N2O2. The molecule has 0 bridgehead atoms. The number of hydrogen-bond acceptors (Lipinski definition) is 4. The van der Waals surface area contributed by atoms with Crippen molar-refractivity contribution in [2.75, 3.05) is 40.0 Å². The van der Waals surface area contributed by atoms with Crippen molar-refractivity contribution in [2.24, 2.45) is 11.8 Å². The summed E-state index contributed by atoms with van der Waals surface area (Å²) in [5.41, 5.74) is 2.64. The molecule has 1 N–H and O–H groups in total. The predicted molar refractivity (Wildman–Crippen MR) is 113 cm³/mol. The molecule has 1 unspecified atom stereocenters. The summed E-state index contributed by atoms with van der Waals surface area (Å²) in [5, 5.41) is 3.58. The summed E-state index contributed by atoms with van der Waals surface area (Å²) in [6.07, 6.45) is 3.20. The fourth-order valence-corrected chi connectivity index (χ4v) is 3.98. The van der Waals surface area contributed by atoms with Gasteiger partial charge in [0.1, 0.15) is 5.75 Å². The molecule has 1 fully saturated rings. The lowest BCUT2D eigenvalue weighted by atomic mass is 9.92. The minimum absolute atomic E-state index is 0.542. The zero-order chi connectivity index (χ0) is 19.6. The molecule has 0 saturated carbocycles. The van der Waals surface area contributed by atoms with Gasteiger partial charge in [-0.25, -0.2) is 0 Å². The standard InChI is InChI=1S/C23H40N2O2/c1-6-20-10-9-19(13-23(20)27-12-8-11-26-5)16-25(18(3)4)17-22-15-24-14-21(22)7-2/h9-10,13,18,21-22,24H,6-8,11-12,14-17H2,1-5H3/t21?,22-/m0/s1. The Hall–Kier alpha value is -1.10. The van der Waals surface area contributed by atoms with E-state index >= 15 is 0 Å². The Labute approximate surface area is 166 Å². The number of ether oxygens (including phenoxy) is 2. The van der Waals surface area contributed by atoms with Gasteiger partial charge in [-0.15, -0.1) is 0 Å². The highest BCUT2D eigenvalue weighted by atomic mass is 16.5. The number of hydrogen-bond donors (Lipinski definition) is 1. The Kier molecular flexibility index (Phi) is 9.60. The van der Waals surface area contributed by atoms with Gasteiger partial charge in [-0.2, -0.15) is 0 Å². The van der Waals surface area contributed by atoms with Gasteiger partial charge in [0.2, 0.25) is 0 Å². The van der Waals surface area contributed by atoms with Gasteiger partial charge in [0.25, 0.3) is 0 Å². The lowest BCUT2D eigenvalue weighted by Crippen LogP contribution is -2.37. The monoisotopic (exact) mass is 376 g/mol. The second kappa shape index (κ2) is 11.7. The molecule has 1 aliphatic heterocycles. The highest BCUT2D eigenvalue weighted by molar-refractivity contribution is 5.37. The van der Waals surface area contributed by atoms with E-state index in [4.69, 9.17) is 9.47 Å². The maximum atomic E-state index is 6.07. The number of nitrogens with zero attached hydrogens (tertiary/aromatic N) is 1. The molecule has 2 atom stereocenters. The van der Waals surface area contributed by atoms with Crippen molar-refractivity contribution in [1.29, 1.82) is 0 Å². The van der Waals surface area contributed by atoms with E-state index in [1.165, 1.54) is 30.6 Å². The van der Waals surface area contributed by atoms with E-state index in [1.54, 1.807) is 7.11 Å². The van der Waals surface area contributed by atoms with Gasteiger partial charge in [0.05, 0.1) is 6.61 Å². The third-order valence-corrected chi connectivity index (χ3v) is 5.85. The van der Waals surface area contributed by atoms with Crippen LogP contribution >= 0.6 is 0 Å². The van der Waals surface area contributed by atoms with Crippen LogP contribution in [0.25, 0.3) is 0 Å². The first kappa shape index (κ1) is 22.2. The fourth-order valence-electron chi connectivity index (χ4n) is 3.98. The van der Waals surface area contributed by atoms with E-state index < -0.39 is 0 Å². The molecule has 1 aliphatic rings. The molecule has 4 nitrogen and oxygen atoms in total. The molecular weight excluding hydrogens is 336 g/mol. The minimum atomic E-state index is 0.542. The zero-order valence-corrected chi connectivity index (χ0v) is 18.1. The van der Waals surface area contributed by atoms with Gasteiger partial charge in [-0.1, -0.05) is 32.4 Å². The SMILES string of the molecule is CCc1ccc(CN(C[C@@H]2CNCC2CC)C(C)C)cc1OCCCOC. The molecule has 1 aromatic rings. The molecule has 0 aromatic heterocycles. The van der Waals surface area contributed by atoms with Crippen molar-refractivity contribution in [3.05, 3.63) is 29.3 Å². The number of rotatable bonds is 12. The molecule has 1 heterocycles. The van der Waals surface area contributed by atoms with Gasteiger partial charge < -0.3 is 14.8 Å². The smallest absolute Gasteiger partial charge is 0.122 e. The van der Waals surface area contributed by atoms with Crippen LogP contribution in [0, 0.1) is 11.8 Å². The molecule has 0 aliphatic carbocycles. The number of nitrogens with one attached hydrogen (secondary N) is 1. The fraction of sp³-hybridized carbons (Fsp3) is 0.739. The van der Waals surface area contributed by atoms with Crippen LogP contribution < -0.4 is 10.1 Å². The average Bonchev–Trinajstić information content (AvgIpc) is 3.12. The van der Waals surface area contributed by atoms with E-state index in [2.05, 4.69) is 56.1 Å². The van der Waals surface area contributed by atoms with Gasteiger partial charge in [-0.3, -0.25) is 4.90 Å². The molecule has 27 heavy (non-hydrogen) atoms. The molecule has 1 saturated heterocycles. The molecule has 0 radical (unpaired) electrons. The first-order valence-corrected chi connectivity index (χ1v) is 10.8. The Morgan fingerprint density at radius 2 is 1.93 bits per heavy atom. The number of benzene rings is 1. The van der Waals surface area contributed by atoms with E-state index in [-0.39, 0.29) is 0 Å². The first-order chi connectivity index (χ1) is 13.1. The predicted octanol–water partition coefficient (Wildman–Crippen LogP) is 4.12. The van der Waals surface area contributed by atoms with Crippen LogP contribution in [0.15, 0.2) is 18.2 Å². The van der Waals surface area contributed by atoms with Crippen LogP contribution in [-0.2, 0) is 17.7 Å². The van der Waals surface area contributed by atoms with Crippen molar-refractivity contribution in [2.45, 2.75) is 59.5 Å². The van der Waals surface area contributed by atoms with Crippen molar-refractivity contribution in [3.8, 4) is 5.75 Å². The Morgan fingerprint density at radius 3 is 2.59 bits per heavy atom. The van der Waals surface area contributed by atoms with Gasteiger partial charge in [-0.05, 0) is 62.4 Å². The summed E-state index contributed by atoms with van der Waals surface area (Å²) in [5.74, 6) is 2.62. The second-order valence-corrected chi connectivity index (χ2v) is 8.10. The van der Waals surface area contributed by atoms with Crippen molar-refractivity contribution >= 4 is 0 Å². The topological polar surface area (TPSA) is 33.7 Å². The zero-order valence-electron chi connectivity index (χ0n) is 18.1. The third kappa shape index (κ3) is 6.78. The van der Waals surface area contributed by atoms with Crippen molar-refractivity contribution < 1.29 is 9.47 Å². The summed E-state index contributed by atoms with van der Waals surface area (Å²) in [6.45, 7) is 15.1. The van der Waals surface area contributed by atoms with Crippen LogP contribution in [0.3, 0.4) is 0 Å². The summed E-state index contributed by atoms with van der Waals surface area (Å²) in [4.78, 5) is 2.62. The Balaban J connectivity index is 2.03. The third-order valence-electron chi connectivity index (χ3n) is 5.85. The van der Waals surface area contributed by atoms with Crippen LogP contribution in [0.2, 0.25) is 0 Å². The number of aryl methyl sites for hydroxylation is 1. The van der Waals surface area contributed by atoms with Crippen LogP contribution in [0.1, 0.15) is 51.7 Å². The molecule has 0 spiro atoms. The summed E-state index contributed by atoms with van der Waals surface area (Å²) < 4.78 is 11.2. The molecule has 2 rings (SSSR count). The number of methoxy groups -OCH3 is 1. The van der Waals surface area contributed by atoms with Gasteiger partial charge >= 0.3 is 0 Å². The molecule has 4 heteroatoms. The van der Waals surface area contributed by atoms with Gasteiger partial charge in [0, 0.05) is 39.3 Å². The van der Waals surface area contributed by atoms with Crippen LogP contribution in [0.5, 0.6) is 5.75 Å². The lowest BCUT2D eigenvalue weighted by molar-refractivity contribution is 0.164. The summed E-state index contributed by atoms with van der Waals surface area (Å²) >= 11 is 0. The Morgan fingerprint density at radius 1 is 1.15 bits per heavy atom. The molecule has 0 amide bonds. The maximum Gasteiger partial charge on any atom is 0.122 e. The van der Waals surface area contributed by atoms with E-state index in [1.807, 2.05) is 0 Å². The average molecular weight is 377 g/mol. The van der Waals surface area contributed by atoms with E-state index in [0.29, 0.717) is 12.6 Å². The van der Waals surface area contributed by atoms with Crippen molar-refractivity contribution in [3.63, 3.8) is 0 Å². The minimum Gasteiger partial charge on any atom is -0.493 e.